The normalized spacial score (nSPS) is 12.4. The van der Waals surface area contributed by atoms with Gasteiger partial charge in [-0.05, 0) is 48.2 Å². The number of halogens is 1. The van der Waals surface area contributed by atoms with Crippen molar-refractivity contribution in [2.75, 3.05) is 0 Å². The minimum absolute atomic E-state index is 0.261. The van der Waals surface area contributed by atoms with Gasteiger partial charge in [0.25, 0.3) is 6.33 Å². The Morgan fingerprint density at radius 3 is 2.63 bits per heavy atom. The van der Waals surface area contributed by atoms with E-state index >= 15 is 0 Å². The Labute approximate surface area is 154 Å². The Morgan fingerprint density at radius 1 is 0.963 bits per heavy atom. The molecule has 0 bridgehead atoms. The quantitative estimate of drug-likeness (QED) is 0.214. The largest absolute Gasteiger partial charge is 0.307 e. The molecular weight excluding hydrogens is 337 g/mol. The van der Waals surface area contributed by atoms with Crippen LogP contribution in [-0.4, -0.2) is 9.38 Å². The van der Waals surface area contributed by atoms with Crippen LogP contribution in [-0.2, 0) is 7.05 Å². The topological polar surface area (TPSA) is 21.2 Å². The Balaban J connectivity index is 2.17. The smallest absolute Gasteiger partial charge is 0.287 e. The number of fused-ring (bicyclic) bond motifs is 5. The Hall–Kier alpha value is -3.27. The minimum Gasteiger partial charge on any atom is -0.307 e. The molecule has 0 radical (unpaired) electrons. The molecule has 0 N–H and O–H groups in total. The zero-order valence-electron chi connectivity index (χ0n) is 15.3. The van der Waals surface area contributed by atoms with Crippen LogP contribution in [0.5, 0.6) is 0 Å². The van der Waals surface area contributed by atoms with Crippen LogP contribution in [0, 0.1) is 19.7 Å². The third kappa shape index (κ3) is 1.66. The lowest BCUT2D eigenvalue weighted by Crippen LogP contribution is -2.30. The van der Waals surface area contributed by atoms with Gasteiger partial charge in [0.05, 0.1) is 34.4 Å². The van der Waals surface area contributed by atoms with Gasteiger partial charge in [0.1, 0.15) is 11.3 Å². The molecule has 0 atom stereocenters. The molecule has 0 fully saturated rings. The van der Waals surface area contributed by atoms with Gasteiger partial charge in [-0.3, -0.25) is 0 Å². The average molecular weight is 354 g/mol. The molecule has 27 heavy (non-hydrogen) atoms. The number of nitrogens with zero attached hydrogens (tertiary/aromatic N) is 3. The van der Waals surface area contributed by atoms with Crippen molar-refractivity contribution >= 4 is 49.1 Å². The first-order chi connectivity index (χ1) is 13.1. The SMILES string of the molecule is Cc1cc2c3ccccc3n3c4cc(F)cc5nc[n+](C)c(c(c1C)c23)c54. The van der Waals surface area contributed by atoms with E-state index in [1.165, 1.54) is 33.4 Å². The van der Waals surface area contributed by atoms with Crippen LogP contribution in [0.4, 0.5) is 4.39 Å². The van der Waals surface area contributed by atoms with Gasteiger partial charge in [0, 0.05) is 16.8 Å². The van der Waals surface area contributed by atoms with E-state index in [-0.39, 0.29) is 5.82 Å². The van der Waals surface area contributed by atoms with Crippen LogP contribution in [0.15, 0.2) is 48.8 Å². The Kier molecular flexibility index (Phi) is 2.59. The molecule has 130 valence electrons. The summed E-state index contributed by atoms with van der Waals surface area (Å²) in [5, 5.41) is 4.63. The molecule has 0 aliphatic rings. The first-order valence-corrected chi connectivity index (χ1v) is 9.08. The molecule has 0 aliphatic heterocycles. The maximum absolute atomic E-state index is 14.5. The maximum Gasteiger partial charge on any atom is 0.287 e. The second-order valence-corrected chi connectivity index (χ2v) is 7.47. The molecule has 6 aromatic rings. The zero-order chi connectivity index (χ0) is 18.4. The summed E-state index contributed by atoms with van der Waals surface area (Å²) in [6.07, 6.45) is 1.78. The molecule has 3 aromatic carbocycles. The van der Waals surface area contributed by atoms with E-state index in [2.05, 4.69) is 52.1 Å². The zero-order valence-corrected chi connectivity index (χ0v) is 15.3. The van der Waals surface area contributed by atoms with E-state index < -0.39 is 0 Å². The predicted molar refractivity (Wildman–Crippen MR) is 107 cm³/mol. The number of para-hydroxylation sites is 1. The second kappa shape index (κ2) is 4.71. The number of pyridine rings is 1. The van der Waals surface area contributed by atoms with Crippen LogP contribution in [0.2, 0.25) is 0 Å². The van der Waals surface area contributed by atoms with Gasteiger partial charge in [0.2, 0.25) is 0 Å². The number of rotatable bonds is 0. The third-order valence-electron chi connectivity index (χ3n) is 5.98. The number of aryl methyl sites for hydroxylation is 3. The fraction of sp³-hybridized carbons (Fsp3) is 0.130. The fourth-order valence-electron chi connectivity index (χ4n) is 4.68. The summed E-state index contributed by atoms with van der Waals surface area (Å²) in [5.41, 5.74) is 7.43. The molecule has 0 spiro atoms. The summed E-state index contributed by atoms with van der Waals surface area (Å²) >= 11 is 0. The monoisotopic (exact) mass is 354 g/mol. The van der Waals surface area contributed by atoms with Crippen LogP contribution in [0.1, 0.15) is 11.1 Å². The van der Waals surface area contributed by atoms with Gasteiger partial charge in [-0.2, -0.15) is 0 Å². The molecule has 0 unspecified atom stereocenters. The van der Waals surface area contributed by atoms with E-state index in [0.29, 0.717) is 5.52 Å². The number of hydrogen-bond donors (Lipinski definition) is 0. The molecule has 3 heterocycles. The van der Waals surface area contributed by atoms with E-state index in [9.17, 15) is 4.39 Å². The summed E-state index contributed by atoms with van der Waals surface area (Å²) in [6, 6.07) is 13.8. The van der Waals surface area contributed by atoms with Gasteiger partial charge >= 0.3 is 0 Å². The van der Waals surface area contributed by atoms with E-state index in [1.54, 1.807) is 12.4 Å². The highest BCUT2D eigenvalue weighted by molar-refractivity contribution is 6.25. The van der Waals surface area contributed by atoms with Crippen molar-refractivity contribution in [1.29, 1.82) is 0 Å². The van der Waals surface area contributed by atoms with Gasteiger partial charge in [-0.15, -0.1) is 0 Å². The number of aromatic nitrogens is 3. The molecule has 6 rings (SSSR count). The van der Waals surface area contributed by atoms with Crippen molar-refractivity contribution in [3.63, 3.8) is 0 Å². The van der Waals surface area contributed by atoms with Crippen LogP contribution < -0.4 is 4.57 Å². The molecular formula is C23H17FN3+. The van der Waals surface area contributed by atoms with Gasteiger partial charge < -0.3 is 4.40 Å². The van der Waals surface area contributed by atoms with Crippen molar-refractivity contribution in [2.45, 2.75) is 13.8 Å². The molecule has 3 nitrogen and oxygen atoms in total. The summed E-state index contributed by atoms with van der Waals surface area (Å²) in [4.78, 5) is 4.51. The Morgan fingerprint density at radius 2 is 1.78 bits per heavy atom. The molecule has 0 amide bonds. The summed E-state index contributed by atoms with van der Waals surface area (Å²) in [6.45, 7) is 4.34. The molecule has 3 aromatic heterocycles. The van der Waals surface area contributed by atoms with E-state index in [0.717, 1.165) is 27.5 Å². The average Bonchev–Trinajstić information content (AvgIpc) is 2.98. The van der Waals surface area contributed by atoms with Gasteiger partial charge in [0.15, 0.2) is 5.52 Å². The highest BCUT2D eigenvalue weighted by Gasteiger charge is 2.24. The van der Waals surface area contributed by atoms with Crippen molar-refractivity contribution in [2.24, 2.45) is 7.05 Å². The number of hydrogen-bond acceptors (Lipinski definition) is 1. The predicted octanol–water partition coefficient (Wildman–Crippen LogP) is 4.97. The van der Waals surface area contributed by atoms with Crippen molar-refractivity contribution < 1.29 is 8.96 Å². The lowest BCUT2D eigenvalue weighted by molar-refractivity contribution is -0.646. The fourth-order valence-corrected chi connectivity index (χ4v) is 4.68. The summed E-state index contributed by atoms with van der Waals surface area (Å²) < 4.78 is 18.8. The van der Waals surface area contributed by atoms with E-state index in [1.807, 2.05) is 13.1 Å². The van der Waals surface area contributed by atoms with Crippen LogP contribution in [0.3, 0.4) is 0 Å². The molecule has 0 saturated heterocycles. The highest BCUT2D eigenvalue weighted by atomic mass is 19.1. The second-order valence-electron chi connectivity index (χ2n) is 7.47. The Bertz CT molecular complexity index is 1560. The van der Waals surface area contributed by atoms with Crippen molar-refractivity contribution in [3.8, 4) is 0 Å². The third-order valence-corrected chi connectivity index (χ3v) is 5.98. The lowest BCUT2D eigenvalue weighted by Gasteiger charge is -2.14. The molecule has 0 aliphatic carbocycles. The van der Waals surface area contributed by atoms with Gasteiger partial charge in [-0.1, -0.05) is 18.2 Å². The maximum atomic E-state index is 14.5. The molecule has 0 saturated carbocycles. The standard InChI is InChI=1S/C23H17FN3/c1-12-8-16-15-6-4-5-7-18(15)27-19-10-14(24)9-17-21(19)23(26(3)11-25-17)20(13(12)2)22(16)27/h4-11H,1-3H3/q+1. The highest BCUT2D eigenvalue weighted by Crippen LogP contribution is 2.41. The number of benzene rings is 3. The lowest BCUT2D eigenvalue weighted by atomic mass is 9.97. The van der Waals surface area contributed by atoms with Crippen LogP contribution in [0.25, 0.3) is 49.1 Å². The van der Waals surface area contributed by atoms with Crippen molar-refractivity contribution in [3.05, 3.63) is 65.7 Å². The van der Waals surface area contributed by atoms with Crippen molar-refractivity contribution in [1.82, 2.24) is 9.38 Å². The van der Waals surface area contributed by atoms with Crippen LogP contribution >= 0.6 is 0 Å². The first kappa shape index (κ1) is 14.9. The van der Waals surface area contributed by atoms with Gasteiger partial charge in [-0.25, -0.2) is 8.96 Å². The minimum atomic E-state index is -0.261. The first-order valence-electron chi connectivity index (χ1n) is 9.08. The molecule has 4 heteroatoms. The van der Waals surface area contributed by atoms with E-state index in [4.69, 9.17) is 0 Å². The summed E-state index contributed by atoms with van der Waals surface area (Å²) in [5.74, 6) is -0.261. The summed E-state index contributed by atoms with van der Waals surface area (Å²) in [7, 11) is 2.01.